The highest BCUT2D eigenvalue weighted by atomic mass is 14.9. The van der Waals surface area contributed by atoms with Crippen molar-refractivity contribution in [1.82, 2.24) is 0 Å². The van der Waals surface area contributed by atoms with Gasteiger partial charge in [-0.1, -0.05) is 30.3 Å². The van der Waals surface area contributed by atoms with Crippen molar-refractivity contribution in [3.63, 3.8) is 0 Å². The van der Waals surface area contributed by atoms with Crippen molar-refractivity contribution >= 4 is 5.84 Å². The van der Waals surface area contributed by atoms with Crippen molar-refractivity contribution in [2.45, 2.75) is 32.2 Å². The summed E-state index contributed by atoms with van der Waals surface area (Å²) in [5, 5.41) is 0. The van der Waals surface area contributed by atoms with Crippen LogP contribution in [0.2, 0.25) is 0 Å². The van der Waals surface area contributed by atoms with Gasteiger partial charge in [0.25, 0.3) is 0 Å². The molecule has 0 saturated heterocycles. The molecule has 2 rings (SSSR count). The molecule has 0 spiro atoms. The highest BCUT2D eigenvalue weighted by Gasteiger charge is 2.25. The third-order valence-corrected chi connectivity index (χ3v) is 2.74. The van der Waals surface area contributed by atoms with Crippen LogP contribution in [0.5, 0.6) is 0 Å². The Kier molecular flexibility index (Phi) is 3.05. The molecule has 2 heteroatoms. The Bertz CT molecular complexity index is 339. The zero-order valence-electron chi connectivity index (χ0n) is 9.19. The summed E-state index contributed by atoms with van der Waals surface area (Å²) < 4.78 is 0. The van der Waals surface area contributed by atoms with Crippen molar-refractivity contribution in [3.8, 4) is 0 Å². The summed E-state index contributed by atoms with van der Waals surface area (Å²) in [5.74, 6) is 1.45. The smallest absolute Gasteiger partial charge is 0.0971 e. The molecule has 1 atom stereocenters. The molecule has 1 aliphatic carbocycles. The summed E-state index contributed by atoms with van der Waals surface area (Å²) in [6.45, 7) is 2.13. The lowest BCUT2D eigenvalue weighted by Crippen LogP contribution is -2.18. The van der Waals surface area contributed by atoms with Gasteiger partial charge in [0.15, 0.2) is 0 Å². The van der Waals surface area contributed by atoms with Gasteiger partial charge in [-0.2, -0.15) is 0 Å². The molecule has 0 heterocycles. The van der Waals surface area contributed by atoms with Crippen LogP contribution in [0.1, 0.15) is 25.3 Å². The molecule has 1 aromatic carbocycles. The Morgan fingerprint density at radius 1 is 1.40 bits per heavy atom. The number of hydrogen-bond donors (Lipinski definition) is 1. The maximum Gasteiger partial charge on any atom is 0.0971 e. The summed E-state index contributed by atoms with van der Waals surface area (Å²) in [4.78, 5) is 4.53. The molecule has 0 amide bonds. The third-order valence-electron chi connectivity index (χ3n) is 2.74. The predicted molar refractivity (Wildman–Crippen MR) is 64.0 cm³/mol. The molecule has 1 fully saturated rings. The van der Waals surface area contributed by atoms with Crippen molar-refractivity contribution < 1.29 is 0 Å². The second-order valence-electron chi connectivity index (χ2n) is 4.37. The van der Waals surface area contributed by atoms with Gasteiger partial charge in [0, 0.05) is 5.92 Å². The lowest BCUT2D eigenvalue weighted by atomic mass is 10.1. The second kappa shape index (κ2) is 4.47. The molecule has 1 saturated carbocycles. The van der Waals surface area contributed by atoms with Gasteiger partial charge in [-0.25, -0.2) is 0 Å². The van der Waals surface area contributed by atoms with Gasteiger partial charge in [0.1, 0.15) is 0 Å². The zero-order valence-corrected chi connectivity index (χ0v) is 9.19. The first-order chi connectivity index (χ1) is 7.25. The summed E-state index contributed by atoms with van der Waals surface area (Å²) in [5.41, 5.74) is 7.21. The molecule has 0 aromatic heterocycles. The highest BCUT2D eigenvalue weighted by Crippen LogP contribution is 2.29. The number of benzene rings is 1. The quantitative estimate of drug-likeness (QED) is 0.591. The van der Waals surface area contributed by atoms with E-state index in [-0.39, 0.29) is 0 Å². The van der Waals surface area contributed by atoms with Gasteiger partial charge in [-0.05, 0) is 31.7 Å². The third kappa shape index (κ3) is 3.08. The van der Waals surface area contributed by atoms with Crippen molar-refractivity contribution in [2.24, 2.45) is 16.6 Å². The van der Waals surface area contributed by atoms with E-state index >= 15 is 0 Å². The molecule has 0 bridgehead atoms. The van der Waals surface area contributed by atoms with Crippen LogP contribution in [0.25, 0.3) is 0 Å². The molecule has 0 aliphatic heterocycles. The molecule has 2 nitrogen and oxygen atoms in total. The first-order valence-corrected chi connectivity index (χ1v) is 5.63. The Morgan fingerprint density at radius 2 is 2.07 bits per heavy atom. The summed E-state index contributed by atoms with van der Waals surface area (Å²) >= 11 is 0. The van der Waals surface area contributed by atoms with E-state index in [1.807, 2.05) is 6.07 Å². The molecule has 2 N–H and O–H groups in total. The summed E-state index contributed by atoms with van der Waals surface area (Å²) in [6, 6.07) is 10.7. The zero-order chi connectivity index (χ0) is 10.7. The van der Waals surface area contributed by atoms with Crippen molar-refractivity contribution in [3.05, 3.63) is 35.9 Å². The molecule has 1 unspecified atom stereocenters. The topological polar surface area (TPSA) is 38.4 Å². The SMILES string of the molecule is CC(Cc1ccccc1)N=C(N)C1CC1. The van der Waals surface area contributed by atoms with E-state index in [2.05, 4.69) is 36.2 Å². The Hall–Kier alpha value is -1.31. The minimum absolute atomic E-state index is 0.299. The second-order valence-corrected chi connectivity index (χ2v) is 4.37. The van der Waals surface area contributed by atoms with Gasteiger partial charge in [-0.15, -0.1) is 0 Å². The minimum Gasteiger partial charge on any atom is -0.387 e. The largest absolute Gasteiger partial charge is 0.387 e. The number of nitrogens with zero attached hydrogens (tertiary/aromatic N) is 1. The van der Waals surface area contributed by atoms with Gasteiger partial charge >= 0.3 is 0 Å². The Balaban J connectivity index is 1.92. The van der Waals surface area contributed by atoms with E-state index in [0.29, 0.717) is 12.0 Å². The number of nitrogens with two attached hydrogens (primary N) is 1. The van der Waals surface area contributed by atoms with E-state index < -0.39 is 0 Å². The van der Waals surface area contributed by atoms with E-state index in [4.69, 9.17) is 5.73 Å². The fraction of sp³-hybridized carbons (Fsp3) is 0.462. The minimum atomic E-state index is 0.299. The molecule has 0 radical (unpaired) electrons. The Labute approximate surface area is 91.2 Å². The van der Waals surface area contributed by atoms with Crippen LogP contribution in [-0.4, -0.2) is 11.9 Å². The molecule has 80 valence electrons. The van der Waals surface area contributed by atoms with Gasteiger partial charge in [0.05, 0.1) is 11.9 Å². The number of aliphatic imine (C=N–C) groups is 1. The first-order valence-electron chi connectivity index (χ1n) is 5.63. The maximum absolute atomic E-state index is 5.88. The van der Waals surface area contributed by atoms with E-state index in [0.717, 1.165) is 12.3 Å². The number of hydrogen-bond acceptors (Lipinski definition) is 1. The van der Waals surface area contributed by atoms with Crippen LogP contribution < -0.4 is 5.73 Å². The van der Waals surface area contributed by atoms with E-state index in [9.17, 15) is 0 Å². The Morgan fingerprint density at radius 3 is 2.67 bits per heavy atom. The highest BCUT2D eigenvalue weighted by molar-refractivity contribution is 5.85. The van der Waals surface area contributed by atoms with Crippen LogP contribution in [0.15, 0.2) is 35.3 Å². The van der Waals surface area contributed by atoms with Crippen molar-refractivity contribution in [1.29, 1.82) is 0 Å². The monoisotopic (exact) mass is 202 g/mol. The molecule has 15 heavy (non-hydrogen) atoms. The van der Waals surface area contributed by atoms with Gasteiger partial charge < -0.3 is 5.73 Å². The number of rotatable bonds is 4. The standard InChI is InChI=1S/C13H18N2/c1-10(15-13(14)12-7-8-12)9-11-5-3-2-4-6-11/h2-6,10,12H,7-9H2,1H3,(H2,14,15). The lowest BCUT2D eigenvalue weighted by Gasteiger charge is -2.07. The average Bonchev–Trinajstić information content (AvgIpc) is 3.01. The number of amidine groups is 1. The van der Waals surface area contributed by atoms with Crippen LogP contribution in [0, 0.1) is 5.92 Å². The van der Waals surface area contributed by atoms with Crippen molar-refractivity contribution in [2.75, 3.05) is 0 Å². The van der Waals surface area contributed by atoms with Crippen LogP contribution in [0.4, 0.5) is 0 Å². The van der Waals surface area contributed by atoms with E-state index in [1.54, 1.807) is 0 Å². The molecule has 1 aromatic rings. The lowest BCUT2D eigenvalue weighted by molar-refractivity contribution is 0.733. The van der Waals surface area contributed by atoms with Gasteiger partial charge in [0.2, 0.25) is 0 Å². The van der Waals surface area contributed by atoms with Gasteiger partial charge in [-0.3, -0.25) is 4.99 Å². The van der Waals surface area contributed by atoms with E-state index in [1.165, 1.54) is 18.4 Å². The fourth-order valence-electron chi connectivity index (χ4n) is 1.74. The first kappa shape index (κ1) is 10.2. The predicted octanol–water partition coefficient (Wildman–Crippen LogP) is 2.38. The molecule has 1 aliphatic rings. The molecular weight excluding hydrogens is 184 g/mol. The van der Waals surface area contributed by atoms with Crippen LogP contribution >= 0.6 is 0 Å². The molecular formula is C13H18N2. The summed E-state index contributed by atoms with van der Waals surface area (Å²) in [7, 11) is 0. The average molecular weight is 202 g/mol. The normalized spacial score (nSPS) is 18.9. The summed E-state index contributed by atoms with van der Waals surface area (Å²) in [6.07, 6.45) is 3.44. The van der Waals surface area contributed by atoms with Crippen LogP contribution in [-0.2, 0) is 6.42 Å². The fourth-order valence-corrected chi connectivity index (χ4v) is 1.74. The maximum atomic E-state index is 5.88. The van der Waals surface area contributed by atoms with Crippen LogP contribution in [0.3, 0.4) is 0 Å².